The molecule has 2 aliphatic rings. The first-order valence-corrected chi connectivity index (χ1v) is 24.1. The summed E-state index contributed by atoms with van der Waals surface area (Å²) in [7, 11) is 0. The number of aliphatic hydroxyl groups is 1. The Morgan fingerprint density at radius 2 is 1.22 bits per heavy atom. The van der Waals surface area contributed by atoms with Gasteiger partial charge in [-0.3, -0.25) is 9.18 Å². The number of hydrogen-bond acceptors (Lipinski definition) is 4. The van der Waals surface area contributed by atoms with Crippen molar-refractivity contribution in [1.29, 1.82) is 0 Å². The molecule has 6 aromatic rings. The maximum absolute atomic E-state index is 12.2. The van der Waals surface area contributed by atoms with E-state index < -0.39 is 6.67 Å². The number of halogens is 1. The van der Waals surface area contributed by atoms with E-state index in [1.165, 1.54) is 96.9 Å². The van der Waals surface area contributed by atoms with E-state index in [9.17, 15) is 14.3 Å². The Hall–Kier alpha value is -4.51. The second-order valence-electron chi connectivity index (χ2n) is 18.6. The van der Waals surface area contributed by atoms with Gasteiger partial charge in [-0.05, 0) is 107 Å². The van der Waals surface area contributed by atoms with Gasteiger partial charge in [-0.2, -0.15) is 0 Å². The van der Waals surface area contributed by atoms with Gasteiger partial charge in [0.15, 0.2) is 5.78 Å². The van der Waals surface area contributed by atoms with Crippen LogP contribution in [0.1, 0.15) is 134 Å². The molecule has 2 aromatic heterocycles. The number of carbonyl (C=O) groups excluding carboxylic acids is 1. The molecule has 1 atom stereocenters. The molecule has 0 amide bonds. The van der Waals surface area contributed by atoms with Gasteiger partial charge in [-0.1, -0.05) is 136 Å². The second kappa shape index (κ2) is 25.4. The molecule has 2 saturated carbocycles. The zero-order valence-corrected chi connectivity index (χ0v) is 42.3. The van der Waals surface area contributed by atoms with Crippen LogP contribution < -0.4 is 0 Å². The van der Waals surface area contributed by atoms with Crippen molar-refractivity contribution >= 4 is 27.3 Å². The van der Waals surface area contributed by atoms with E-state index in [2.05, 4.69) is 110 Å². The van der Waals surface area contributed by atoms with Gasteiger partial charge in [0.2, 0.25) is 0 Å². The van der Waals surface area contributed by atoms with Gasteiger partial charge in [0.05, 0.1) is 15.2 Å². The molecule has 8 rings (SSSR count). The van der Waals surface area contributed by atoms with Crippen molar-refractivity contribution in [3.63, 3.8) is 0 Å². The Balaban J connectivity index is 0.000000193. The molecule has 4 aromatic carbocycles. The van der Waals surface area contributed by atoms with Crippen LogP contribution in [-0.4, -0.2) is 27.5 Å². The maximum Gasteiger partial charge on any atom is 0.162 e. The quantitative estimate of drug-likeness (QED) is 0.0671. The fourth-order valence-corrected chi connectivity index (χ4v) is 9.91. The summed E-state index contributed by atoms with van der Waals surface area (Å²) in [5.74, 6) is 1.41. The minimum atomic E-state index is -0.463. The molecule has 2 aliphatic carbocycles. The molecule has 6 heteroatoms. The van der Waals surface area contributed by atoms with E-state index >= 15 is 0 Å². The summed E-state index contributed by atoms with van der Waals surface area (Å²) in [6.45, 7) is 13.6. The van der Waals surface area contributed by atoms with Crippen molar-refractivity contribution < 1.29 is 37.1 Å². The summed E-state index contributed by atoms with van der Waals surface area (Å²) in [4.78, 5) is 20.8. The summed E-state index contributed by atoms with van der Waals surface area (Å²) >= 11 is 0. The number of alkyl halides is 1. The van der Waals surface area contributed by atoms with Crippen LogP contribution in [0.5, 0.6) is 0 Å². The average molecular weight is 1050 g/mol. The Morgan fingerprint density at radius 3 is 1.71 bits per heavy atom. The molecule has 2 heterocycles. The topological polar surface area (TPSA) is 63.1 Å². The van der Waals surface area contributed by atoms with E-state index in [0.29, 0.717) is 6.42 Å². The minimum Gasteiger partial charge on any atom is -0.512 e. The molecule has 0 saturated heterocycles. The van der Waals surface area contributed by atoms with E-state index in [4.69, 9.17) is 2.74 Å². The molecule has 1 radical (unpaired) electrons. The van der Waals surface area contributed by atoms with Crippen LogP contribution >= 0.6 is 0 Å². The zero-order chi connectivity index (χ0) is 47.3. The molecular formula is C59H71FIrN2O2-2. The number of benzene rings is 4. The normalized spacial score (nSPS) is 15.2. The molecule has 1 unspecified atom stereocenters. The Labute approximate surface area is 406 Å². The molecule has 4 nitrogen and oxygen atoms in total. The number of hydrogen-bond donors (Lipinski definition) is 1. The first-order valence-electron chi connectivity index (χ1n) is 25.1. The van der Waals surface area contributed by atoms with Gasteiger partial charge >= 0.3 is 0 Å². The fourth-order valence-electron chi connectivity index (χ4n) is 9.91. The van der Waals surface area contributed by atoms with Crippen LogP contribution in [0.25, 0.3) is 44.1 Å². The van der Waals surface area contributed by atoms with Crippen molar-refractivity contribution in [2.75, 3.05) is 6.67 Å². The van der Waals surface area contributed by atoms with E-state index in [0.717, 1.165) is 75.5 Å². The third kappa shape index (κ3) is 14.5. The summed E-state index contributed by atoms with van der Waals surface area (Å²) in [6.07, 6.45) is 19.0. The van der Waals surface area contributed by atoms with Gasteiger partial charge in [-0.25, -0.2) is 0 Å². The number of nitrogens with zero attached hydrogens (tertiary/aromatic N) is 2. The third-order valence-corrected chi connectivity index (χ3v) is 13.4. The molecule has 2 fully saturated rings. The predicted octanol–water partition coefficient (Wildman–Crippen LogP) is 15.9. The monoisotopic (exact) mass is 1050 g/mol. The van der Waals surface area contributed by atoms with Crippen LogP contribution in [0.3, 0.4) is 0 Å². The SMILES string of the molecule is CCC(CC)C(=O)/C=C(\O)C(CC)CCF.Cc1[c-]c(-c2nccc3cc(CC4CCCC4)ccc23)cc(C)c1.[2H]c1nc(-c2[c-]c(C)cc(C)c2)c2ccc(CC3CCCC3)cc2c1[2H].[Ir]. The van der Waals surface area contributed by atoms with E-state index in [1.807, 2.05) is 33.9 Å². The molecular weight excluding hydrogens is 980 g/mol. The Morgan fingerprint density at radius 1 is 0.723 bits per heavy atom. The standard InChI is InChI=1S/2C23H24N.C13H23FO2.Ir/c2*1-16-11-17(2)13-21(12-16)23-22-8-7-19(14-18-5-3-4-6-18)15-20(22)9-10-24-23;1-4-10(5-2)12(15)9-13(16)11(6-3)7-8-14;/h2*7-12,15,18H,3-6,14H2,1-2H3;9-11,16H,4-8H2,1-3H3;/q2*-1;;/b;;13-9-;/i9D,10D;;;. The molecule has 65 heavy (non-hydrogen) atoms. The summed E-state index contributed by atoms with van der Waals surface area (Å²) in [5, 5.41) is 14.0. The van der Waals surface area contributed by atoms with Gasteiger partial charge in [0.25, 0.3) is 0 Å². The average Bonchev–Trinajstić information content (AvgIpc) is 4.02. The van der Waals surface area contributed by atoms with Crippen molar-refractivity contribution in [2.45, 2.75) is 138 Å². The number of carbonyl (C=O) groups is 1. The zero-order valence-electron chi connectivity index (χ0n) is 41.9. The van der Waals surface area contributed by atoms with E-state index in [-0.39, 0.29) is 62.1 Å². The predicted molar refractivity (Wildman–Crippen MR) is 266 cm³/mol. The minimum absolute atomic E-state index is 0. The third-order valence-electron chi connectivity index (χ3n) is 13.4. The van der Waals surface area contributed by atoms with Crippen LogP contribution in [0, 0.1) is 63.5 Å². The number of aryl methyl sites for hydroxylation is 4. The van der Waals surface area contributed by atoms with Crippen molar-refractivity contribution in [3.8, 4) is 22.5 Å². The van der Waals surface area contributed by atoms with Crippen LogP contribution in [0.4, 0.5) is 4.39 Å². The first kappa shape index (κ1) is 48.4. The number of allylic oxidation sites excluding steroid dienone is 2. The molecule has 1 N–H and O–H groups in total. The molecule has 0 aliphatic heterocycles. The van der Waals surface area contributed by atoms with Gasteiger partial charge < -0.3 is 15.1 Å². The maximum atomic E-state index is 12.2. The fraction of sp³-hybridized carbons (Fsp3) is 0.441. The number of aromatic nitrogens is 2. The van der Waals surface area contributed by atoms with Gasteiger partial charge in [-0.15, -0.1) is 69.8 Å². The van der Waals surface area contributed by atoms with Crippen LogP contribution in [0.15, 0.2) is 97.0 Å². The van der Waals surface area contributed by atoms with Crippen molar-refractivity contribution in [2.24, 2.45) is 23.7 Å². The number of aliphatic hydroxyl groups excluding tert-OH is 1. The number of rotatable bonds is 14. The summed E-state index contributed by atoms with van der Waals surface area (Å²) in [6, 6.07) is 31.0. The Bertz CT molecular complexity index is 2570. The van der Waals surface area contributed by atoms with Gasteiger partial charge in [0.1, 0.15) is 0 Å². The summed E-state index contributed by atoms with van der Waals surface area (Å²) in [5.41, 5.74) is 11.2. The van der Waals surface area contributed by atoms with E-state index in [1.54, 1.807) is 0 Å². The number of ketones is 1. The molecule has 0 bridgehead atoms. The molecule has 0 spiro atoms. The van der Waals surface area contributed by atoms with Crippen molar-refractivity contribution in [1.82, 2.24) is 9.97 Å². The second-order valence-corrected chi connectivity index (χ2v) is 18.6. The number of pyridine rings is 2. The van der Waals surface area contributed by atoms with Crippen LogP contribution in [-0.2, 0) is 37.7 Å². The van der Waals surface area contributed by atoms with Crippen LogP contribution in [0.2, 0.25) is 0 Å². The largest absolute Gasteiger partial charge is 0.512 e. The van der Waals surface area contributed by atoms with Crippen molar-refractivity contribution in [3.05, 3.63) is 142 Å². The molecule has 347 valence electrons. The smallest absolute Gasteiger partial charge is 0.162 e. The number of fused-ring (bicyclic) bond motifs is 2. The first-order chi connectivity index (χ1) is 31.8. The van der Waals surface area contributed by atoms with Gasteiger partial charge in [0, 0.05) is 50.4 Å². The summed E-state index contributed by atoms with van der Waals surface area (Å²) < 4.78 is 28.7. The Kier molecular flexibility index (Phi) is 18.9.